The molecule has 2 aromatic heterocycles. The van der Waals surface area contributed by atoms with Crippen LogP contribution in [-0.4, -0.2) is 15.4 Å². The van der Waals surface area contributed by atoms with E-state index >= 15 is 0 Å². The molecule has 4 rings (SSSR count). The van der Waals surface area contributed by atoms with E-state index in [1.165, 1.54) is 6.07 Å². The van der Waals surface area contributed by atoms with E-state index in [2.05, 4.69) is 15.4 Å². The van der Waals surface area contributed by atoms with Crippen molar-refractivity contribution in [1.29, 1.82) is 0 Å². The molecule has 8 heteroatoms. The fourth-order valence-electron chi connectivity index (χ4n) is 3.06. The molecule has 0 fully saturated rings. The highest BCUT2D eigenvalue weighted by atomic mass is 19.2. The van der Waals surface area contributed by atoms with Crippen LogP contribution in [0.1, 0.15) is 30.2 Å². The predicted molar refractivity (Wildman–Crippen MR) is 100 cm³/mol. The lowest BCUT2D eigenvalue weighted by atomic mass is 10.1. The van der Waals surface area contributed by atoms with Crippen molar-refractivity contribution in [2.45, 2.75) is 26.4 Å². The highest BCUT2D eigenvalue weighted by Gasteiger charge is 2.22. The number of quaternary nitrogens is 1. The molecule has 29 heavy (non-hydrogen) atoms. The first-order chi connectivity index (χ1) is 14.0. The Morgan fingerprint density at radius 3 is 2.59 bits per heavy atom. The molecule has 148 valence electrons. The van der Waals surface area contributed by atoms with Gasteiger partial charge in [-0.3, -0.25) is 0 Å². The zero-order valence-corrected chi connectivity index (χ0v) is 15.9. The second-order valence-corrected chi connectivity index (χ2v) is 6.73. The largest absolute Gasteiger partial charge is 0.415 e. The third-order valence-corrected chi connectivity index (χ3v) is 4.71. The summed E-state index contributed by atoms with van der Waals surface area (Å²) in [7, 11) is 0. The number of nitrogens with zero attached hydrogens (tertiary/aromatic N) is 3. The van der Waals surface area contributed by atoms with E-state index in [-0.39, 0.29) is 6.04 Å². The molecule has 0 spiro atoms. The molecule has 0 aliphatic carbocycles. The number of aryl methyl sites for hydroxylation is 1. The number of rotatable bonds is 6. The van der Waals surface area contributed by atoms with Crippen LogP contribution in [0, 0.1) is 18.6 Å². The summed E-state index contributed by atoms with van der Waals surface area (Å²) >= 11 is 0. The van der Waals surface area contributed by atoms with E-state index in [1.807, 2.05) is 42.6 Å². The Morgan fingerprint density at radius 2 is 1.83 bits per heavy atom. The summed E-state index contributed by atoms with van der Waals surface area (Å²) in [5.41, 5.74) is 2.85. The first-order valence-corrected chi connectivity index (χ1v) is 9.15. The van der Waals surface area contributed by atoms with Crippen LogP contribution >= 0.6 is 0 Å². The summed E-state index contributed by atoms with van der Waals surface area (Å²) in [5, 5.41) is 14.3. The average molecular weight is 397 g/mol. The van der Waals surface area contributed by atoms with Gasteiger partial charge in [-0.2, -0.15) is 0 Å². The summed E-state index contributed by atoms with van der Waals surface area (Å²) in [6.07, 6.45) is 0. The predicted octanol–water partition coefficient (Wildman–Crippen LogP) is 3.80. The Morgan fingerprint density at radius 1 is 1.03 bits per heavy atom. The molecule has 0 radical (unpaired) electrons. The second-order valence-electron chi connectivity index (χ2n) is 6.73. The standard InChI is InChI=1S/C21H18F2N4O2/c1-12(15-8-9-16(22)17(23)10-15)24-11-18-25-26-21(28-18)19-13(2)29-27-20(19)14-6-4-3-5-7-14/h3-10,12,24H,11H2,1-2H3/p+1/t12-/m0/s1. The van der Waals surface area contributed by atoms with Crippen molar-refractivity contribution in [3.63, 3.8) is 0 Å². The molecule has 1 atom stereocenters. The first kappa shape index (κ1) is 18.9. The fourth-order valence-corrected chi connectivity index (χ4v) is 3.06. The van der Waals surface area contributed by atoms with Crippen molar-refractivity contribution in [1.82, 2.24) is 15.4 Å². The van der Waals surface area contributed by atoms with Gasteiger partial charge in [-0.15, -0.1) is 10.2 Å². The fraction of sp³-hybridized carbons (Fsp3) is 0.190. The Balaban J connectivity index is 1.51. The summed E-state index contributed by atoms with van der Waals surface area (Å²) in [6.45, 7) is 4.07. The van der Waals surface area contributed by atoms with Crippen LogP contribution in [0.3, 0.4) is 0 Å². The van der Waals surface area contributed by atoms with Crippen LogP contribution < -0.4 is 5.32 Å². The maximum atomic E-state index is 13.4. The van der Waals surface area contributed by atoms with Crippen LogP contribution in [0.5, 0.6) is 0 Å². The SMILES string of the molecule is Cc1onc(-c2ccccc2)c1-c1nnc(C[NH2+][C@@H](C)c2ccc(F)c(F)c2)o1. The van der Waals surface area contributed by atoms with Gasteiger partial charge in [0, 0.05) is 11.1 Å². The molecule has 0 aliphatic rings. The van der Waals surface area contributed by atoms with E-state index in [4.69, 9.17) is 8.94 Å². The maximum Gasteiger partial charge on any atom is 0.271 e. The lowest BCUT2D eigenvalue weighted by molar-refractivity contribution is -0.709. The normalized spacial score (nSPS) is 12.3. The minimum atomic E-state index is -0.862. The summed E-state index contributed by atoms with van der Waals surface area (Å²) in [6, 6.07) is 13.4. The monoisotopic (exact) mass is 397 g/mol. The number of aromatic nitrogens is 3. The zero-order valence-electron chi connectivity index (χ0n) is 15.9. The first-order valence-electron chi connectivity index (χ1n) is 9.15. The van der Waals surface area contributed by atoms with Crippen LogP contribution in [0.4, 0.5) is 8.78 Å². The number of hydrogen-bond donors (Lipinski definition) is 1. The molecule has 0 unspecified atom stereocenters. The van der Waals surface area contributed by atoms with Gasteiger partial charge in [-0.1, -0.05) is 35.5 Å². The molecular weight excluding hydrogens is 378 g/mol. The summed E-state index contributed by atoms with van der Waals surface area (Å²) < 4.78 is 37.7. The number of halogens is 2. The van der Waals surface area contributed by atoms with E-state index in [1.54, 1.807) is 13.0 Å². The van der Waals surface area contributed by atoms with Crippen LogP contribution in [0.15, 0.2) is 57.5 Å². The van der Waals surface area contributed by atoms with Crippen molar-refractivity contribution in [2.75, 3.05) is 0 Å². The summed E-state index contributed by atoms with van der Waals surface area (Å²) in [5.74, 6) is -0.404. The van der Waals surface area contributed by atoms with Gasteiger partial charge in [-0.05, 0) is 32.0 Å². The number of nitrogens with two attached hydrogens (primary N) is 1. The van der Waals surface area contributed by atoms with Crippen molar-refractivity contribution < 1.29 is 23.0 Å². The van der Waals surface area contributed by atoms with Crippen LogP contribution in [0.25, 0.3) is 22.7 Å². The Kier molecular flexibility index (Phi) is 5.18. The lowest BCUT2D eigenvalue weighted by Gasteiger charge is -2.09. The second kappa shape index (κ2) is 7.92. The molecule has 2 heterocycles. The minimum Gasteiger partial charge on any atom is -0.415 e. The van der Waals surface area contributed by atoms with E-state index < -0.39 is 11.6 Å². The quantitative estimate of drug-likeness (QED) is 0.535. The van der Waals surface area contributed by atoms with Gasteiger partial charge in [0.15, 0.2) is 18.2 Å². The molecule has 0 aliphatic heterocycles. The lowest BCUT2D eigenvalue weighted by Crippen LogP contribution is -2.83. The number of benzene rings is 2. The smallest absolute Gasteiger partial charge is 0.271 e. The van der Waals surface area contributed by atoms with Crippen molar-refractivity contribution in [3.8, 4) is 22.7 Å². The molecule has 6 nitrogen and oxygen atoms in total. The molecule has 0 amide bonds. The molecular formula is C21H19F2N4O2+. The van der Waals surface area contributed by atoms with Gasteiger partial charge >= 0.3 is 0 Å². The Hall–Kier alpha value is -3.39. The zero-order chi connectivity index (χ0) is 20.4. The Labute approximate surface area is 165 Å². The highest BCUT2D eigenvalue weighted by Crippen LogP contribution is 2.33. The van der Waals surface area contributed by atoms with Gasteiger partial charge < -0.3 is 14.3 Å². The van der Waals surface area contributed by atoms with Crippen LogP contribution in [-0.2, 0) is 6.54 Å². The van der Waals surface area contributed by atoms with Crippen molar-refractivity contribution >= 4 is 0 Å². The van der Waals surface area contributed by atoms with Gasteiger partial charge in [0.05, 0.1) is 0 Å². The van der Waals surface area contributed by atoms with Crippen LogP contribution in [0.2, 0.25) is 0 Å². The van der Waals surface area contributed by atoms with E-state index in [9.17, 15) is 8.78 Å². The molecule has 2 aromatic carbocycles. The third kappa shape index (κ3) is 3.93. The highest BCUT2D eigenvalue weighted by molar-refractivity contribution is 5.77. The number of hydrogen-bond acceptors (Lipinski definition) is 5. The minimum absolute atomic E-state index is 0.113. The molecule has 0 bridgehead atoms. The van der Waals surface area contributed by atoms with Gasteiger partial charge in [0.25, 0.3) is 11.8 Å². The van der Waals surface area contributed by atoms with E-state index in [0.29, 0.717) is 40.9 Å². The van der Waals surface area contributed by atoms with Crippen molar-refractivity contribution in [2.24, 2.45) is 0 Å². The molecule has 0 saturated heterocycles. The van der Waals surface area contributed by atoms with E-state index in [0.717, 1.165) is 11.6 Å². The molecule has 2 N–H and O–H groups in total. The topological polar surface area (TPSA) is 81.6 Å². The summed E-state index contributed by atoms with van der Waals surface area (Å²) in [4.78, 5) is 0. The van der Waals surface area contributed by atoms with Gasteiger partial charge in [0.2, 0.25) is 0 Å². The molecule has 0 saturated carbocycles. The van der Waals surface area contributed by atoms with Gasteiger partial charge in [-0.25, -0.2) is 8.78 Å². The van der Waals surface area contributed by atoms with Gasteiger partial charge in [0.1, 0.15) is 23.1 Å². The maximum absolute atomic E-state index is 13.4. The van der Waals surface area contributed by atoms with Crippen molar-refractivity contribution in [3.05, 3.63) is 77.4 Å². The Bertz CT molecular complexity index is 1120. The average Bonchev–Trinajstić information content (AvgIpc) is 3.35. The molecule has 4 aromatic rings. The third-order valence-electron chi connectivity index (χ3n) is 4.71.